The summed E-state index contributed by atoms with van der Waals surface area (Å²) in [5.41, 5.74) is -0.662. The van der Waals surface area contributed by atoms with Gasteiger partial charge in [0, 0.05) is 20.8 Å². The second-order valence-electron chi connectivity index (χ2n) is 3.78. The summed E-state index contributed by atoms with van der Waals surface area (Å²) in [7, 11) is 0. The van der Waals surface area contributed by atoms with Gasteiger partial charge in [-0.15, -0.1) is 0 Å². The number of hydrogen-bond donors (Lipinski definition) is 1. The van der Waals surface area contributed by atoms with E-state index in [1.165, 1.54) is 13.8 Å². The number of carbonyl (C=O) groups is 3. The van der Waals surface area contributed by atoms with Crippen molar-refractivity contribution in [2.45, 2.75) is 26.6 Å². The summed E-state index contributed by atoms with van der Waals surface area (Å²) in [6, 6.07) is 0. The van der Waals surface area contributed by atoms with Gasteiger partial charge in [-0.25, -0.2) is 9.59 Å². The van der Waals surface area contributed by atoms with Crippen molar-refractivity contribution in [3.8, 4) is 0 Å². The van der Waals surface area contributed by atoms with E-state index in [2.05, 4.69) is 4.74 Å². The molecule has 0 unspecified atom stereocenters. The third-order valence-electron chi connectivity index (χ3n) is 1.79. The van der Waals surface area contributed by atoms with Crippen LogP contribution in [0.5, 0.6) is 0 Å². The molecule has 7 nitrogen and oxygen atoms in total. The predicted octanol–water partition coefficient (Wildman–Crippen LogP) is 0.198. The zero-order chi connectivity index (χ0) is 13.2. The summed E-state index contributed by atoms with van der Waals surface area (Å²) in [5, 5.41) is 9.43. The largest absolute Gasteiger partial charge is 0.508 e. The summed E-state index contributed by atoms with van der Waals surface area (Å²) < 4.78 is 13.9. The first kappa shape index (κ1) is 13.0. The number of ether oxygens (including phenoxy) is 3. The fraction of sp³-hybridized carbons (Fsp3) is 0.500. The van der Waals surface area contributed by atoms with Gasteiger partial charge in [-0.1, -0.05) is 0 Å². The van der Waals surface area contributed by atoms with Crippen LogP contribution in [0.2, 0.25) is 0 Å². The average molecular weight is 244 g/mol. The summed E-state index contributed by atoms with van der Waals surface area (Å²) in [4.78, 5) is 33.4. The van der Waals surface area contributed by atoms with Crippen LogP contribution < -0.4 is 0 Å². The molecule has 0 amide bonds. The Bertz CT molecular complexity index is 383. The quantitative estimate of drug-likeness (QED) is 0.320. The fourth-order valence-corrected chi connectivity index (χ4v) is 1.13. The molecule has 17 heavy (non-hydrogen) atoms. The van der Waals surface area contributed by atoms with Gasteiger partial charge in [0.2, 0.25) is 0 Å². The Morgan fingerprint density at radius 2 is 1.76 bits per heavy atom. The molecule has 0 bridgehead atoms. The predicted molar refractivity (Wildman–Crippen MR) is 52.6 cm³/mol. The molecule has 1 fully saturated rings. The Morgan fingerprint density at radius 1 is 1.29 bits per heavy atom. The van der Waals surface area contributed by atoms with E-state index in [0.717, 1.165) is 6.92 Å². The Labute approximate surface area is 96.9 Å². The van der Waals surface area contributed by atoms with Crippen molar-refractivity contribution in [3.05, 3.63) is 11.3 Å². The first-order chi connectivity index (χ1) is 7.73. The molecule has 0 atom stereocenters. The number of aliphatic hydroxyl groups is 1. The molecule has 0 saturated carbocycles. The van der Waals surface area contributed by atoms with E-state index in [9.17, 15) is 19.5 Å². The summed E-state index contributed by atoms with van der Waals surface area (Å²) >= 11 is 0. The highest BCUT2D eigenvalue weighted by molar-refractivity contribution is 6.15. The number of esters is 3. The second-order valence-corrected chi connectivity index (χ2v) is 3.78. The van der Waals surface area contributed by atoms with Crippen molar-refractivity contribution in [2.24, 2.45) is 0 Å². The molecule has 1 N–H and O–H groups in total. The average Bonchev–Trinajstić information content (AvgIpc) is 2.11. The van der Waals surface area contributed by atoms with E-state index in [1.54, 1.807) is 0 Å². The Morgan fingerprint density at radius 3 is 2.18 bits per heavy atom. The molecule has 1 rings (SSSR count). The van der Waals surface area contributed by atoms with Crippen LogP contribution in [0.3, 0.4) is 0 Å². The van der Waals surface area contributed by atoms with Gasteiger partial charge in [0.15, 0.2) is 11.3 Å². The lowest BCUT2D eigenvalue weighted by Crippen LogP contribution is -2.42. The molecular weight excluding hydrogens is 232 g/mol. The molecule has 1 heterocycles. The molecule has 0 radical (unpaired) electrons. The number of rotatable bonds is 2. The number of carbonyl (C=O) groups excluding carboxylic acids is 3. The van der Waals surface area contributed by atoms with Gasteiger partial charge in [-0.05, 0) is 0 Å². The van der Waals surface area contributed by atoms with E-state index in [0.29, 0.717) is 0 Å². The Balaban J connectivity index is 2.89. The van der Waals surface area contributed by atoms with Crippen molar-refractivity contribution in [1.29, 1.82) is 0 Å². The van der Waals surface area contributed by atoms with Crippen LogP contribution in [0.4, 0.5) is 0 Å². The van der Waals surface area contributed by atoms with Crippen molar-refractivity contribution < 1.29 is 33.7 Å². The zero-order valence-electron chi connectivity index (χ0n) is 9.60. The minimum absolute atomic E-state index is 0.588. The van der Waals surface area contributed by atoms with Crippen molar-refractivity contribution >= 4 is 17.9 Å². The fourth-order valence-electron chi connectivity index (χ4n) is 1.13. The standard InChI is InChI=1S/C10H12O7/c1-5(11)15-4-6(12)7-8(13)16-10(2,3)17-9(7)14/h12H,4H2,1-3H3. The van der Waals surface area contributed by atoms with Crippen LogP contribution in [-0.4, -0.2) is 35.4 Å². The van der Waals surface area contributed by atoms with Crippen LogP contribution >= 0.6 is 0 Å². The molecule has 94 valence electrons. The highest BCUT2D eigenvalue weighted by atomic mass is 16.7. The van der Waals surface area contributed by atoms with Crippen LogP contribution in [0, 0.1) is 0 Å². The topological polar surface area (TPSA) is 99.1 Å². The molecule has 1 aliphatic heterocycles. The Hall–Kier alpha value is -2.05. The van der Waals surface area contributed by atoms with Gasteiger partial charge in [0.25, 0.3) is 5.79 Å². The lowest BCUT2D eigenvalue weighted by atomic mass is 10.2. The lowest BCUT2D eigenvalue weighted by Gasteiger charge is -2.29. The number of cyclic esters (lactones) is 2. The monoisotopic (exact) mass is 244 g/mol. The maximum atomic E-state index is 11.4. The highest BCUT2D eigenvalue weighted by Gasteiger charge is 2.41. The Kier molecular flexibility index (Phi) is 3.40. The molecular formula is C10H12O7. The summed E-state index contributed by atoms with van der Waals surface area (Å²) in [6.45, 7) is 3.29. The van der Waals surface area contributed by atoms with E-state index in [4.69, 9.17) is 9.47 Å². The van der Waals surface area contributed by atoms with Gasteiger partial charge in [-0.3, -0.25) is 4.79 Å². The second kappa shape index (κ2) is 4.44. The van der Waals surface area contributed by atoms with E-state index in [-0.39, 0.29) is 0 Å². The molecule has 7 heteroatoms. The molecule has 0 aromatic heterocycles. The van der Waals surface area contributed by atoms with Gasteiger partial charge in [0.1, 0.15) is 6.61 Å². The highest BCUT2D eigenvalue weighted by Crippen LogP contribution is 2.23. The van der Waals surface area contributed by atoms with Gasteiger partial charge in [0.05, 0.1) is 0 Å². The minimum atomic E-state index is -1.38. The maximum Gasteiger partial charge on any atom is 0.352 e. The third-order valence-corrected chi connectivity index (χ3v) is 1.79. The molecule has 1 aliphatic rings. The van der Waals surface area contributed by atoms with Crippen LogP contribution in [-0.2, 0) is 28.6 Å². The molecule has 0 aliphatic carbocycles. The first-order valence-corrected chi connectivity index (χ1v) is 4.75. The summed E-state index contributed by atoms with van der Waals surface area (Å²) in [6.07, 6.45) is 0. The maximum absolute atomic E-state index is 11.4. The lowest BCUT2D eigenvalue weighted by molar-refractivity contribution is -0.222. The van der Waals surface area contributed by atoms with Crippen molar-refractivity contribution in [3.63, 3.8) is 0 Å². The van der Waals surface area contributed by atoms with E-state index in [1.807, 2.05) is 0 Å². The zero-order valence-corrected chi connectivity index (χ0v) is 9.60. The SMILES string of the molecule is CC(=O)OCC(O)=C1C(=O)OC(C)(C)OC1=O. The van der Waals surface area contributed by atoms with Gasteiger partial charge < -0.3 is 19.3 Å². The minimum Gasteiger partial charge on any atom is -0.508 e. The van der Waals surface area contributed by atoms with Crippen molar-refractivity contribution in [2.75, 3.05) is 6.61 Å². The third kappa shape index (κ3) is 3.20. The van der Waals surface area contributed by atoms with Gasteiger partial charge >= 0.3 is 17.9 Å². The van der Waals surface area contributed by atoms with E-state index < -0.39 is 41.6 Å². The van der Waals surface area contributed by atoms with Crippen molar-refractivity contribution in [1.82, 2.24) is 0 Å². The van der Waals surface area contributed by atoms with Crippen LogP contribution in [0.1, 0.15) is 20.8 Å². The molecule has 1 saturated heterocycles. The van der Waals surface area contributed by atoms with Crippen LogP contribution in [0.25, 0.3) is 0 Å². The number of aliphatic hydroxyl groups excluding tert-OH is 1. The summed E-state index contributed by atoms with van der Waals surface area (Å²) in [5.74, 6) is -4.77. The molecule has 0 aromatic carbocycles. The normalized spacial score (nSPS) is 18.2. The first-order valence-electron chi connectivity index (χ1n) is 4.75. The number of hydrogen-bond acceptors (Lipinski definition) is 7. The molecule has 0 spiro atoms. The van der Waals surface area contributed by atoms with Crippen LogP contribution in [0.15, 0.2) is 11.3 Å². The van der Waals surface area contributed by atoms with E-state index >= 15 is 0 Å². The molecule has 0 aromatic rings. The smallest absolute Gasteiger partial charge is 0.352 e. The van der Waals surface area contributed by atoms with Gasteiger partial charge in [-0.2, -0.15) is 0 Å².